The van der Waals surface area contributed by atoms with Gasteiger partial charge < -0.3 is 10.4 Å². The Morgan fingerprint density at radius 2 is 2.18 bits per heavy atom. The molecule has 6 nitrogen and oxygen atoms in total. The van der Waals surface area contributed by atoms with Gasteiger partial charge in [-0.2, -0.15) is 8.78 Å². The number of benzene rings is 1. The first-order valence-electron chi connectivity index (χ1n) is 6.81. The van der Waals surface area contributed by atoms with Gasteiger partial charge in [0.2, 0.25) is 0 Å². The van der Waals surface area contributed by atoms with Crippen molar-refractivity contribution in [2.24, 2.45) is 0 Å². The lowest BCUT2D eigenvalue weighted by Crippen LogP contribution is -2.59. The molecule has 1 fully saturated rings. The normalized spacial score (nSPS) is 16.9. The molecular weight excluding hydrogens is 294 g/mol. The molecule has 0 unspecified atom stereocenters. The molecule has 0 radical (unpaired) electrons. The minimum atomic E-state index is -3.82. The number of aromatic nitrogens is 3. The quantitative estimate of drug-likeness (QED) is 0.902. The lowest BCUT2D eigenvalue weighted by molar-refractivity contribution is -0.212. The highest BCUT2D eigenvalue weighted by Crippen LogP contribution is 2.44. The van der Waals surface area contributed by atoms with Gasteiger partial charge in [0.1, 0.15) is 5.60 Å². The molecular formula is C14H14F2N4O2. The Kier molecular flexibility index (Phi) is 3.40. The third-order valence-electron chi connectivity index (χ3n) is 3.84. The van der Waals surface area contributed by atoms with Gasteiger partial charge >= 0.3 is 5.92 Å². The summed E-state index contributed by atoms with van der Waals surface area (Å²) in [5, 5.41) is 19.3. The summed E-state index contributed by atoms with van der Waals surface area (Å²) in [6, 6.07) is 6.28. The molecule has 0 bridgehead atoms. The molecule has 0 spiro atoms. The van der Waals surface area contributed by atoms with Gasteiger partial charge in [-0.25, -0.2) is 4.68 Å². The van der Waals surface area contributed by atoms with E-state index >= 15 is 0 Å². The first kappa shape index (κ1) is 14.6. The van der Waals surface area contributed by atoms with Crippen LogP contribution in [-0.2, 0) is 4.79 Å². The number of carbonyl (C=O) groups excluding carboxylic acids is 1. The number of anilines is 1. The van der Waals surface area contributed by atoms with Gasteiger partial charge in [0.15, 0.2) is 0 Å². The van der Waals surface area contributed by atoms with Gasteiger partial charge in [-0.15, -0.1) is 5.10 Å². The summed E-state index contributed by atoms with van der Waals surface area (Å²) in [6.45, 7) is 0. The first-order valence-corrected chi connectivity index (χ1v) is 6.81. The third-order valence-corrected chi connectivity index (χ3v) is 3.84. The topological polar surface area (TPSA) is 80.0 Å². The monoisotopic (exact) mass is 308 g/mol. The SMILES string of the molecule is O=C(Nc1cccc(-n2ccnn2)c1)C(F)(F)C1(O)CCC1. The van der Waals surface area contributed by atoms with Gasteiger partial charge in [0, 0.05) is 5.69 Å². The molecule has 2 N–H and O–H groups in total. The van der Waals surface area contributed by atoms with Crippen molar-refractivity contribution < 1.29 is 18.7 Å². The molecule has 0 aliphatic heterocycles. The molecule has 8 heteroatoms. The average Bonchev–Trinajstić information content (AvgIpc) is 2.99. The fourth-order valence-corrected chi connectivity index (χ4v) is 2.32. The smallest absolute Gasteiger partial charge is 0.352 e. The predicted molar refractivity (Wildman–Crippen MR) is 73.7 cm³/mol. The van der Waals surface area contributed by atoms with E-state index in [2.05, 4.69) is 15.6 Å². The average molecular weight is 308 g/mol. The largest absolute Gasteiger partial charge is 0.383 e. The second-order valence-corrected chi connectivity index (χ2v) is 5.31. The number of halogens is 2. The maximum absolute atomic E-state index is 14.0. The Balaban J connectivity index is 1.78. The lowest BCUT2D eigenvalue weighted by atomic mass is 9.75. The zero-order chi connectivity index (χ0) is 15.8. The van der Waals surface area contributed by atoms with Crippen molar-refractivity contribution in [2.75, 3.05) is 5.32 Å². The predicted octanol–water partition coefficient (Wildman–Crippen LogP) is 1.76. The summed E-state index contributed by atoms with van der Waals surface area (Å²) in [7, 11) is 0. The molecule has 0 saturated heterocycles. The number of amides is 1. The minimum Gasteiger partial charge on any atom is -0.383 e. The number of nitrogens with zero attached hydrogens (tertiary/aromatic N) is 3. The van der Waals surface area contributed by atoms with Crippen LogP contribution in [0.5, 0.6) is 0 Å². The number of carbonyl (C=O) groups is 1. The van der Waals surface area contributed by atoms with Crippen molar-refractivity contribution in [3.63, 3.8) is 0 Å². The zero-order valence-corrected chi connectivity index (χ0v) is 11.5. The van der Waals surface area contributed by atoms with E-state index in [1.807, 2.05) is 0 Å². The van der Waals surface area contributed by atoms with Gasteiger partial charge in [-0.3, -0.25) is 4.79 Å². The summed E-state index contributed by atoms with van der Waals surface area (Å²) >= 11 is 0. The van der Waals surface area contributed by atoms with Crippen LogP contribution in [-0.4, -0.2) is 37.5 Å². The summed E-state index contributed by atoms with van der Waals surface area (Å²) in [4.78, 5) is 11.8. The Bertz CT molecular complexity index is 684. The summed E-state index contributed by atoms with van der Waals surface area (Å²) in [6.07, 6.45) is 3.40. The molecule has 1 aliphatic rings. The van der Waals surface area contributed by atoms with Gasteiger partial charge in [0.05, 0.1) is 18.1 Å². The van der Waals surface area contributed by atoms with Crippen molar-refractivity contribution in [1.82, 2.24) is 15.0 Å². The van der Waals surface area contributed by atoms with E-state index in [4.69, 9.17) is 0 Å². The summed E-state index contributed by atoms with van der Waals surface area (Å²) < 4.78 is 29.5. The number of aliphatic hydroxyl groups is 1. The van der Waals surface area contributed by atoms with Crippen molar-refractivity contribution in [2.45, 2.75) is 30.8 Å². The van der Waals surface area contributed by atoms with Crippen LogP contribution in [0.4, 0.5) is 14.5 Å². The number of alkyl halides is 2. The van der Waals surface area contributed by atoms with Gasteiger partial charge in [-0.1, -0.05) is 11.3 Å². The molecule has 3 rings (SSSR count). The van der Waals surface area contributed by atoms with Gasteiger partial charge in [-0.05, 0) is 37.5 Å². The second-order valence-electron chi connectivity index (χ2n) is 5.31. The second kappa shape index (κ2) is 5.13. The van der Waals surface area contributed by atoms with Crippen molar-refractivity contribution in [3.05, 3.63) is 36.7 Å². The van der Waals surface area contributed by atoms with Crippen molar-refractivity contribution >= 4 is 11.6 Å². The van der Waals surface area contributed by atoms with Crippen LogP contribution < -0.4 is 5.32 Å². The van der Waals surface area contributed by atoms with Crippen LogP contribution in [0.25, 0.3) is 5.69 Å². The van der Waals surface area contributed by atoms with Crippen LogP contribution in [0, 0.1) is 0 Å². The molecule has 1 aliphatic carbocycles. The summed E-state index contributed by atoms with van der Waals surface area (Å²) in [5.41, 5.74) is -1.47. The minimum absolute atomic E-state index is 0.0770. The van der Waals surface area contributed by atoms with E-state index in [9.17, 15) is 18.7 Å². The fraction of sp³-hybridized carbons (Fsp3) is 0.357. The van der Waals surface area contributed by atoms with Crippen molar-refractivity contribution in [3.8, 4) is 5.69 Å². The summed E-state index contributed by atoms with van der Waals surface area (Å²) in [5.74, 6) is -5.33. The Morgan fingerprint density at radius 3 is 2.77 bits per heavy atom. The maximum atomic E-state index is 14.0. The van der Waals surface area contributed by atoms with Crippen LogP contribution in [0.1, 0.15) is 19.3 Å². The van der Waals surface area contributed by atoms with Crippen LogP contribution >= 0.6 is 0 Å². The van der Waals surface area contributed by atoms with Crippen molar-refractivity contribution in [1.29, 1.82) is 0 Å². The highest BCUT2D eigenvalue weighted by Gasteiger charge is 2.61. The van der Waals surface area contributed by atoms with Crippen LogP contribution in [0.2, 0.25) is 0 Å². The number of rotatable bonds is 4. The zero-order valence-electron chi connectivity index (χ0n) is 11.5. The molecule has 22 heavy (non-hydrogen) atoms. The van der Waals surface area contributed by atoms with Crippen LogP contribution in [0.15, 0.2) is 36.7 Å². The van der Waals surface area contributed by atoms with E-state index in [0.29, 0.717) is 12.1 Å². The molecule has 1 saturated carbocycles. The molecule has 2 aromatic rings. The van der Waals surface area contributed by atoms with E-state index in [1.165, 1.54) is 23.0 Å². The van der Waals surface area contributed by atoms with E-state index in [0.717, 1.165) is 0 Å². The molecule has 1 amide bonds. The molecule has 0 atom stereocenters. The van der Waals surface area contributed by atoms with E-state index in [-0.39, 0.29) is 18.5 Å². The Morgan fingerprint density at radius 1 is 1.41 bits per heavy atom. The third kappa shape index (κ3) is 2.35. The Labute approximate surface area is 124 Å². The highest BCUT2D eigenvalue weighted by molar-refractivity contribution is 5.97. The number of nitrogens with one attached hydrogen (secondary N) is 1. The fourth-order valence-electron chi connectivity index (χ4n) is 2.32. The van der Waals surface area contributed by atoms with E-state index < -0.39 is 17.4 Å². The number of hydrogen-bond acceptors (Lipinski definition) is 4. The highest BCUT2D eigenvalue weighted by atomic mass is 19.3. The molecule has 1 aromatic heterocycles. The molecule has 1 aromatic carbocycles. The Hall–Kier alpha value is -2.35. The van der Waals surface area contributed by atoms with Crippen LogP contribution in [0.3, 0.4) is 0 Å². The molecule has 1 heterocycles. The van der Waals surface area contributed by atoms with E-state index in [1.54, 1.807) is 18.3 Å². The standard InChI is InChI=1S/C14H14F2N4O2/c15-14(16,13(22)5-2-6-13)12(21)18-10-3-1-4-11(9-10)20-8-7-17-19-20/h1,3-4,7-9,22H,2,5-6H2,(H,18,21). The van der Waals surface area contributed by atoms with Gasteiger partial charge in [0.25, 0.3) is 5.91 Å². The number of hydrogen-bond donors (Lipinski definition) is 2. The first-order chi connectivity index (χ1) is 10.4. The maximum Gasteiger partial charge on any atom is 0.352 e. The molecule has 116 valence electrons. The lowest BCUT2D eigenvalue weighted by Gasteiger charge is -2.41.